The number of rotatable bonds is 4. The van der Waals surface area contributed by atoms with Crippen molar-refractivity contribution in [2.45, 2.75) is 44.8 Å². The summed E-state index contributed by atoms with van der Waals surface area (Å²) in [6.07, 6.45) is 7.76. The number of nitrogens with zero attached hydrogens (tertiary/aromatic N) is 4. The fraction of sp³-hybridized carbons (Fsp3) is 0.406. The Labute approximate surface area is 228 Å². The number of aryl methyl sites for hydroxylation is 1. The summed E-state index contributed by atoms with van der Waals surface area (Å²) < 4.78 is 12.0. The topological polar surface area (TPSA) is 67.8 Å². The Bertz CT molecular complexity index is 1540. The van der Waals surface area contributed by atoms with Gasteiger partial charge in [-0.3, -0.25) is 14.8 Å². The van der Waals surface area contributed by atoms with Crippen molar-refractivity contribution in [3.63, 3.8) is 0 Å². The maximum Gasteiger partial charge on any atom is 0.171 e. The molecule has 4 aromatic rings. The van der Waals surface area contributed by atoms with Crippen molar-refractivity contribution in [3.8, 4) is 0 Å². The molecule has 0 saturated carbocycles. The molecule has 39 heavy (non-hydrogen) atoms. The number of hydrogen-bond donors (Lipinski definition) is 0. The second-order valence-corrected chi connectivity index (χ2v) is 11.1. The van der Waals surface area contributed by atoms with Crippen LogP contribution in [0, 0.1) is 6.92 Å². The molecule has 7 heteroatoms. The van der Waals surface area contributed by atoms with E-state index in [1.807, 2.05) is 6.20 Å². The van der Waals surface area contributed by atoms with E-state index >= 15 is 0 Å². The van der Waals surface area contributed by atoms with Gasteiger partial charge in [-0.25, -0.2) is 0 Å². The molecule has 3 fully saturated rings. The average molecular weight is 523 g/mol. The van der Waals surface area contributed by atoms with E-state index in [-0.39, 0.29) is 0 Å². The number of ketones is 1. The lowest BCUT2D eigenvalue weighted by Gasteiger charge is -2.39. The zero-order chi connectivity index (χ0) is 26.4. The van der Waals surface area contributed by atoms with Gasteiger partial charge in [-0.05, 0) is 41.8 Å². The third-order valence-corrected chi connectivity index (χ3v) is 8.60. The van der Waals surface area contributed by atoms with Gasteiger partial charge in [0.15, 0.2) is 5.79 Å². The molecule has 7 rings (SSSR count). The molecule has 1 spiro atoms. The molecule has 0 amide bonds. The van der Waals surface area contributed by atoms with Crippen LogP contribution in [0.25, 0.3) is 21.8 Å². The first-order chi connectivity index (χ1) is 19.1. The van der Waals surface area contributed by atoms with Gasteiger partial charge in [0.05, 0.1) is 35.6 Å². The Morgan fingerprint density at radius 2 is 1.51 bits per heavy atom. The van der Waals surface area contributed by atoms with Gasteiger partial charge in [-0.2, -0.15) is 0 Å². The highest BCUT2D eigenvalue weighted by atomic mass is 16.7. The van der Waals surface area contributed by atoms with E-state index in [0.717, 1.165) is 67.4 Å². The molecule has 3 aliphatic rings. The lowest BCUT2D eigenvalue weighted by atomic mass is 9.96. The standard InChI is InChI=1S/C32H34N4O3/c1-22-20-33-29-7-6-23(19-27(29)30(22)35-12-8-25(37)9-13-35)18-24-21-34-28-5-3-2-4-26(28)31(24)36-14-10-32(11-15-36)38-16-17-39-32/h2-7,19-21H,8-18H2,1H3. The van der Waals surface area contributed by atoms with Gasteiger partial charge in [0.2, 0.25) is 0 Å². The van der Waals surface area contributed by atoms with E-state index in [0.29, 0.717) is 31.8 Å². The van der Waals surface area contributed by atoms with Crippen LogP contribution < -0.4 is 9.80 Å². The summed E-state index contributed by atoms with van der Waals surface area (Å²) in [5, 5.41) is 2.35. The number of aromatic nitrogens is 2. The van der Waals surface area contributed by atoms with Gasteiger partial charge < -0.3 is 19.3 Å². The van der Waals surface area contributed by atoms with Crippen molar-refractivity contribution in [1.29, 1.82) is 0 Å². The average Bonchev–Trinajstić information content (AvgIpc) is 3.42. The Kier molecular flexibility index (Phi) is 6.21. The molecule has 7 nitrogen and oxygen atoms in total. The molecule has 2 aromatic carbocycles. The number of ether oxygens (including phenoxy) is 2. The number of Topliss-reactive ketones (excluding diaryl/α,β-unsaturated/α-hetero) is 1. The zero-order valence-corrected chi connectivity index (χ0v) is 22.5. The highest BCUT2D eigenvalue weighted by molar-refractivity contribution is 5.96. The maximum atomic E-state index is 11.9. The fourth-order valence-corrected chi connectivity index (χ4v) is 6.58. The Morgan fingerprint density at radius 3 is 2.31 bits per heavy atom. The molecule has 0 atom stereocenters. The smallest absolute Gasteiger partial charge is 0.171 e. The summed E-state index contributed by atoms with van der Waals surface area (Å²) >= 11 is 0. The van der Waals surface area contributed by atoms with Crippen LogP contribution in [0.15, 0.2) is 54.9 Å². The fourth-order valence-electron chi connectivity index (χ4n) is 6.58. The number of para-hydroxylation sites is 1. The maximum absolute atomic E-state index is 11.9. The molecule has 5 heterocycles. The van der Waals surface area contributed by atoms with Gasteiger partial charge in [-0.1, -0.05) is 24.3 Å². The van der Waals surface area contributed by atoms with Crippen LogP contribution in [0.1, 0.15) is 42.4 Å². The molecular weight excluding hydrogens is 488 g/mol. The zero-order valence-electron chi connectivity index (χ0n) is 22.5. The number of anilines is 2. The SMILES string of the molecule is Cc1cnc2ccc(Cc3cnc4ccccc4c3N3CCC4(CC3)OCCO4)cc2c1N1CCC(=O)CC1. The monoisotopic (exact) mass is 522 g/mol. The number of pyridine rings is 2. The minimum atomic E-state index is -0.405. The van der Waals surface area contributed by atoms with Crippen molar-refractivity contribution in [2.24, 2.45) is 0 Å². The van der Waals surface area contributed by atoms with Crippen LogP contribution in [-0.4, -0.2) is 60.9 Å². The molecular formula is C32H34N4O3. The third-order valence-electron chi connectivity index (χ3n) is 8.60. The molecule has 0 N–H and O–H groups in total. The first kappa shape index (κ1) is 24.5. The second-order valence-electron chi connectivity index (χ2n) is 11.1. The number of carbonyl (C=O) groups is 1. The lowest BCUT2D eigenvalue weighted by molar-refractivity contribution is -0.169. The molecule has 3 saturated heterocycles. The number of hydrogen-bond acceptors (Lipinski definition) is 7. The van der Waals surface area contributed by atoms with Gasteiger partial charge >= 0.3 is 0 Å². The van der Waals surface area contributed by atoms with Gasteiger partial charge in [0, 0.05) is 81.4 Å². The Morgan fingerprint density at radius 1 is 0.821 bits per heavy atom. The van der Waals surface area contributed by atoms with Crippen LogP contribution in [0.2, 0.25) is 0 Å². The van der Waals surface area contributed by atoms with Crippen LogP contribution in [0.3, 0.4) is 0 Å². The van der Waals surface area contributed by atoms with E-state index in [1.54, 1.807) is 0 Å². The van der Waals surface area contributed by atoms with Gasteiger partial charge in [-0.15, -0.1) is 0 Å². The normalized spacial score (nSPS) is 19.5. The molecule has 2 aromatic heterocycles. The van der Waals surface area contributed by atoms with Crippen molar-refractivity contribution < 1.29 is 14.3 Å². The molecule has 0 unspecified atom stereocenters. The van der Waals surface area contributed by atoms with E-state index in [2.05, 4.69) is 65.4 Å². The van der Waals surface area contributed by atoms with Crippen molar-refractivity contribution >= 4 is 39.0 Å². The van der Waals surface area contributed by atoms with Gasteiger partial charge in [0.25, 0.3) is 0 Å². The van der Waals surface area contributed by atoms with E-state index in [9.17, 15) is 4.79 Å². The highest BCUT2D eigenvalue weighted by Gasteiger charge is 2.40. The summed E-state index contributed by atoms with van der Waals surface area (Å²) in [4.78, 5) is 26.4. The second kappa shape index (κ2) is 9.88. The predicted octanol–water partition coefficient (Wildman–Crippen LogP) is 5.19. The summed E-state index contributed by atoms with van der Waals surface area (Å²) in [6, 6.07) is 15.1. The Hall–Kier alpha value is -3.55. The van der Waals surface area contributed by atoms with Crippen LogP contribution in [0.5, 0.6) is 0 Å². The molecule has 0 bridgehead atoms. The third kappa shape index (κ3) is 4.53. The number of benzene rings is 2. The first-order valence-corrected chi connectivity index (χ1v) is 14.1. The molecule has 0 radical (unpaired) electrons. The predicted molar refractivity (Wildman–Crippen MR) is 154 cm³/mol. The summed E-state index contributed by atoms with van der Waals surface area (Å²) in [7, 11) is 0. The quantitative estimate of drug-likeness (QED) is 0.365. The highest BCUT2D eigenvalue weighted by Crippen LogP contribution is 2.38. The number of fused-ring (bicyclic) bond motifs is 2. The summed E-state index contributed by atoms with van der Waals surface area (Å²) in [5.41, 5.74) is 8.10. The van der Waals surface area contributed by atoms with Crippen molar-refractivity contribution in [1.82, 2.24) is 9.97 Å². The number of piperidine rings is 2. The molecule has 200 valence electrons. The summed E-state index contributed by atoms with van der Waals surface area (Å²) in [6.45, 7) is 6.82. The molecule has 3 aliphatic heterocycles. The largest absolute Gasteiger partial charge is 0.370 e. The first-order valence-electron chi connectivity index (χ1n) is 14.1. The minimum Gasteiger partial charge on any atom is -0.370 e. The van der Waals surface area contributed by atoms with E-state index in [1.165, 1.54) is 27.9 Å². The van der Waals surface area contributed by atoms with Crippen molar-refractivity contribution in [3.05, 3.63) is 71.5 Å². The lowest BCUT2D eigenvalue weighted by Crippen LogP contribution is -2.45. The number of carbonyl (C=O) groups excluding carboxylic acids is 1. The van der Waals surface area contributed by atoms with Gasteiger partial charge in [0.1, 0.15) is 5.78 Å². The van der Waals surface area contributed by atoms with Crippen molar-refractivity contribution in [2.75, 3.05) is 49.2 Å². The van der Waals surface area contributed by atoms with Crippen LogP contribution in [-0.2, 0) is 20.7 Å². The molecule has 0 aliphatic carbocycles. The van der Waals surface area contributed by atoms with Crippen LogP contribution in [0.4, 0.5) is 11.4 Å². The van der Waals surface area contributed by atoms with E-state index in [4.69, 9.17) is 19.4 Å². The van der Waals surface area contributed by atoms with E-state index < -0.39 is 5.79 Å². The summed E-state index contributed by atoms with van der Waals surface area (Å²) in [5.74, 6) is -0.0491. The Balaban J connectivity index is 1.26. The minimum absolute atomic E-state index is 0.356. The van der Waals surface area contributed by atoms with Crippen LogP contribution >= 0.6 is 0 Å².